The summed E-state index contributed by atoms with van der Waals surface area (Å²) in [6.07, 6.45) is 8.42. The first-order valence-corrected chi connectivity index (χ1v) is 6.97. The van der Waals surface area contributed by atoms with E-state index < -0.39 is 0 Å². The summed E-state index contributed by atoms with van der Waals surface area (Å²) < 4.78 is 0. The molecule has 1 N–H and O–H groups in total. The third-order valence-corrected chi connectivity index (χ3v) is 4.13. The maximum Gasteiger partial charge on any atom is 0.0558 e. The van der Waals surface area contributed by atoms with E-state index in [-0.39, 0.29) is 0 Å². The SMILES string of the molecule is OCCN1CCCN(C2CCCCC2)CC1. The van der Waals surface area contributed by atoms with Gasteiger partial charge in [-0.2, -0.15) is 0 Å². The average Bonchev–Trinajstić information content (AvgIpc) is 2.57. The number of aliphatic hydroxyl groups is 1. The van der Waals surface area contributed by atoms with Crippen LogP contribution in [0.15, 0.2) is 0 Å². The molecule has 1 heterocycles. The van der Waals surface area contributed by atoms with Crippen LogP contribution in [0.25, 0.3) is 0 Å². The molecule has 0 atom stereocenters. The molecule has 1 aliphatic heterocycles. The van der Waals surface area contributed by atoms with Gasteiger partial charge in [0.15, 0.2) is 0 Å². The minimum absolute atomic E-state index is 0.309. The number of rotatable bonds is 3. The first-order chi connectivity index (χ1) is 7.90. The molecule has 3 nitrogen and oxygen atoms in total. The summed E-state index contributed by atoms with van der Waals surface area (Å²) in [5.74, 6) is 0. The van der Waals surface area contributed by atoms with Crippen molar-refractivity contribution in [3.8, 4) is 0 Å². The lowest BCUT2D eigenvalue weighted by Gasteiger charge is -2.33. The van der Waals surface area contributed by atoms with Crippen LogP contribution in [0, 0.1) is 0 Å². The first kappa shape index (κ1) is 12.3. The molecule has 0 bridgehead atoms. The fourth-order valence-electron chi connectivity index (χ4n) is 3.17. The summed E-state index contributed by atoms with van der Waals surface area (Å²) >= 11 is 0. The Morgan fingerprint density at radius 3 is 2.44 bits per heavy atom. The van der Waals surface area contributed by atoms with Gasteiger partial charge in [0.25, 0.3) is 0 Å². The van der Waals surface area contributed by atoms with Crippen LogP contribution in [0.3, 0.4) is 0 Å². The molecule has 1 saturated carbocycles. The number of hydrogen-bond donors (Lipinski definition) is 1. The summed E-state index contributed by atoms with van der Waals surface area (Å²) in [5, 5.41) is 8.97. The van der Waals surface area contributed by atoms with Crippen LogP contribution in [0.4, 0.5) is 0 Å². The zero-order valence-corrected chi connectivity index (χ0v) is 10.4. The second-order valence-corrected chi connectivity index (χ2v) is 5.25. The van der Waals surface area contributed by atoms with Crippen molar-refractivity contribution in [3.05, 3.63) is 0 Å². The van der Waals surface area contributed by atoms with Gasteiger partial charge < -0.3 is 5.11 Å². The van der Waals surface area contributed by atoms with Gasteiger partial charge in [-0.05, 0) is 32.4 Å². The summed E-state index contributed by atoms with van der Waals surface area (Å²) in [6.45, 7) is 5.97. The Morgan fingerprint density at radius 2 is 1.69 bits per heavy atom. The second-order valence-electron chi connectivity index (χ2n) is 5.25. The second kappa shape index (κ2) is 6.58. The molecule has 0 unspecified atom stereocenters. The zero-order chi connectivity index (χ0) is 11.2. The lowest BCUT2D eigenvalue weighted by Crippen LogP contribution is -2.39. The molecule has 0 spiro atoms. The van der Waals surface area contributed by atoms with Gasteiger partial charge in [-0.15, -0.1) is 0 Å². The van der Waals surface area contributed by atoms with Crippen LogP contribution in [0.2, 0.25) is 0 Å². The third kappa shape index (κ3) is 3.44. The highest BCUT2D eigenvalue weighted by atomic mass is 16.3. The van der Waals surface area contributed by atoms with E-state index in [4.69, 9.17) is 5.11 Å². The highest BCUT2D eigenvalue weighted by Gasteiger charge is 2.23. The molecule has 2 aliphatic rings. The lowest BCUT2D eigenvalue weighted by atomic mass is 9.94. The molecule has 2 fully saturated rings. The Hall–Kier alpha value is -0.120. The lowest BCUT2D eigenvalue weighted by molar-refractivity contribution is 0.154. The van der Waals surface area contributed by atoms with Crippen LogP contribution >= 0.6 is 0 Å². The summed E-state index contributed by atoms with van der Waals surface area (Å²) in [4.78, 5) is 5.11. The van der Waals surface area contributed by atoms with Gasteiger partial charge in [0, 0.05) is 25.7 Å². The Morgan fingerprint density at radius 1 is 0.875 bits per heavy atom. The molecule has 3 heteroatoms. The summed E-state index contributed by atoms with van der Waals surface area (Å²) in [6, 6.07) is 0.864. The molecule has 94 valence electrons. The van der Waals surface area contributed by atoms with Crippen molar-refractivity contribution in [2.24, 2.45) is 0 Å². The van der Waals surface area contributed by atoms with E-state index in [0.29, 0.717) is 6.61 Å². The number of aliphatic hydroxyl groups excluding tert-OH is 1. The number of β-amino-alcohol motifs (C(OH)–C–C–N with tert-alkyl or cyclic N) is 1. The summed E-state index contributed by atoms with van der Waals surface area (Å²) in [7, 11) is 0. The predicted molar refractivity (Wildman–Crippen MR) is 66.6 cm³/mol. The molecular formula is C13H26N2O. The van der Waals surface area contributed by atoms with E-state index in [1.165, 1.54) is 58.2 Å². The van der Waals surface area contributed by atoms with Crippen LogP contribution in [-0.2, 0) is 0 Å². The number of hydrogen-bond acceptors (Lipinski definition) is 3. The zero-order valence-electron chi connectivity index (χ0n) is 10.4. The van der Waals surface area contributed by atoms with Crippen molar-refractivity contribution in [1.82, 2.24) is 9.80 Å². The Bertz CT molecular complexity index is 192. The standard InChI is InChI=1S/C13H26N2O/c16-12-11-14-7-4-8-15(10-9-14)13-5-2-1-3-6-13/h13,16H,1-12H2. The fourth-order valence-corrected chi connectivity index (χ4v) is 3.17. The minimum Gasteiger partial charge on any atom is -0.395 e. The normalized spacial score (nSPS) is 26.8. The smallest absolute Gasteiger partial charge is 0.0558 e. The highest BCUT2D eigenvalue weighted by molar-refractivity contribution is 4.79. The van der Waals surface area contributed by atoms with Gasteiger partial charge >= 0.3 is 0 Å². The Balaban J connectivity index is 1.78. The summed E-state index contributed by atoms with van der Waals surface area (Å²) in [5.41, 5.74) is 0. The van der Waals surface area contributed by atoms with E-state index in [0.717, 1.165) is 19.1 Å². The average molecular weight is 226 g/mol. The third-order valence-electron chi connectivity index (χ3n) is 4.13. The van der Waals surface area contributed by atoms with E-state index in [1.807, 2.05) is 0 Å². The molecule has 0 aromatic heterocycles. The molecular weight excluding hydrogens is 200 g/mol. The molecule has 0 aromatic carbocycles. The van der Waals surface area contributed by atoms with Crippen LogP contribution in [0.5, 0.6) is 0 Å². The molecule has 0 radical (unpaired) electrons. The van der Waals surface area contributed by atoms with Crippen molar-refractivity contribution >= 4 is 0 Å². The largest absolute Gasteiger partial charge is 0.395 e. The van der Waals surface area contributed by atoms with Crippen LogP contribution in [0.1, 0.15) is 38.5 Å². The van der Waals surface area contributed by atoms with E-state index in [1.54, 1.807) is 0 Å². The van der Waals surface area contributed by atoms with E-state index >= 15 is 0 Å². The van der Waals surface area contributed by atoms with Crippen molar-refractivity contribution < 1.29 is 5.11 Å². The van der Waals surface area contributed by atoms with Crippen molar-refractivity contribution in [1.29, 1.82) is 0 Å². The maximum absolute atomic E-state index is 8.97. The first-order valence-electron chi connectivity index (χ1n) is 6.97. The van der Waals surface area contributed by atoms with Gasteiger partial charge in [-0.3, -0.25) is 9.80 Å². The quantitative estimate of drug-likeness (QED) is 0.786. The molecule has 1 aliphatic carbocycles. The Kier molecular flexibility index (Phi) is 5.07. The highest BCUT2D eigenvalue weighted by Crippen LogP contribution is 2.23. The topological polar surface area (TPSA) is 26.7 Å². The van der Waals surface area contributed by atoms with E-state index in [2.05, 4.69) is 9.80 Å². The maximum atomic E-state index is 8.97. The predicted octanol–water partition coefficient (Wildman–Crippen LogP) is 1.32. The number of nitrogens with zero attached hydrogens (tertiary/aromatic N) is 2. The fraction of sp³-hybridized carbons (Fsp3) is 1.00. The van der Waals surface area contributed by atoms with Crippen molar-refractivity contribution in [2.75, 3.05) is 39.3 Å². The molecule has 1 saturated heterocycles. The van der Waals surface area contributed by atoms with Gasteiger partial charge in [-0.25, -0.2) is 0 Å². The monoisotopic (exact) mass is 226 g/mol. The molecule has 16 heavy (non-hydrogen) atoms. The van der Waals surface area contributed by atoms with Gasteiger partial charge in [-0.1, -0.05) is 19.3 Å². The van der Waals surface area contributed by atoms with Crippen molar-refractivity contribution in [2.45, 2.75) is 44.6 Å². The molecule has 0 amide bonds. The van der Waals surface area contributed by atoms with Crippen molar-refractivity contribution in [3.63, 3.8) is 0 Å². The molecule has 0 aromatic rings. The van der Waals surface area contributed by atoms with E-state index in [9.17, 15) is 0 Å². The van der Waals surface area contributed by atoms with Gasteiger partial charge in [0.2, 0.25) is 0 Å². The van der Waals surface area contributed by atoms with Gasteiger partial charge in [0.1, 0.15) is 0 Å². The van der Waals surface area contributed by atoms with Gasteiger partial charge in [0.05, 0.1) is 6.61 Å². The Labute approximate surface area is 99.4 Å². The minimum atomic E-state index is 0.309. The van der Waals surface area contributed by atoms with Crippen LogP contribution in [-0.4, -0.2) is 60.3 Å². The van der Waals surface area contributed by atoms with Crippen LogP contribution < -0.4 is 0 Å². The molecule has 2 rings (SSSR count).